The molecular weight excluding hydrogens is 376 g/mol. The highest BCUT2D eigenvalue weighted by atomic mass is 16.5. The van der Waals surface area contributed by atoms with Crippen molar-refractivity contribution in [1.82, 2.24) is 0 Å². The molecule has 0 aliphatic rings. The molecule has 4 nitrogen and oxygen atoms in total. The molecule has 0 radical (unpaired) electrons. The van der Waals surface area contributed by atoms with Crippen molar-refractivity contribution in [3.05, 3.63) is 100 Å². The zero-order chi connectivity index (χ0) is 21.1. The van der Waals surface area contributed by atoms with Crippen LogP contribution in [0, 0.1) is 6.92 Å². The largest absolute Gasteiger partial charge is 0.496 e. The van der Waals surface area contributed by atoms with E-state index < -0.39 is 0 Å². The smallest absolute Gasteiger partial charge is 0.200 e. The number of ether oxygens (including phenoxy) is 2. The van der Waals surface area contributed by atoms with E-state index in [1.807, 2.05) is 48.5 Å². The monoisotopic (exact) mass is 398 g/mol. The highest BCUT2D eigenvalue weighted by Crippen LogP contribution is 2.32. The topological polar surface area (TPSA) is 48.7 Å². The first kappa shape index (κ1) is 19.5. The summed E-state index contributed by atoms with van der Waals surface area (Å²) >= 11 is 0. The molecule has 0 fully saturated rings. The summed E-state index contributed by atoms with van der Waals surface area (Å²) in [6, 6.07) is 20.7. The molecule has 1 heterocycles. The lowest BCUT2D eigenvalue weighted by Gasteiger charge is -2.12. The van der Waals surface area contributed by atoms with Crippen LogP contribution < -0.4 is 14.9 Å². The fourth-order valence-corrected chi connectivity index (χ4v) is 3.45. The minimum atomic E-state index is -0.0928. The van der Waals surface area contributed by atoms with Gasteiger partial charge in [0.05, 0.1) is 18.1 Å². The van der Waals surface area contributed by atoms with Crippen LogP contribution in [0.1, 0.15) is 16.9 Å². The SMILES string of the molecule is C=Cc1ccc(COc2ccc3c(=O)c(-c4ccccc4OC)c(C)oc3c2)cc1. The van der Waals surface area contributed by atoms with Crippen LogP contribution in [-0.2, 0) is 6.61 Å². The number of aryl methyl sites for hydroxylation is 1. The van der Waals surface area contributed by atoms with E-state index in [1.165, 1.54) is 0 Å². The molecule has 0 aliphatic carbocycles. The number of para-hydroxylation sites is 1. The Bertz CT molecular complexity index is 1270. The second-order valence-corrected chi connectivity index (χ2v) is 6.96. The maximum Gasteiger partial charge on any atom is 0.200 e. The summed E-state index contributed by atoms with van der Waals surface area (Å²) in [5, 5.41) is 0.504. The molecule has 30 heavy (non-hydrogen) atoms. The molecule has 0 unspecified atom stereocenters. The van der Waals surface area contributed by atoms with Gasteiger partial charge >= 0.3 is 0 Å². The third-order valence-corrected chi connectivity index (χ3v) is 5.04. The van der Waals surface area contributed by atoms with E-state index in [9.17, 15) is 4.79 Å². The summed E-state index contributed by atoms with van der Waals surface area (Å²) in [7, 11) is 1.59. The summed E-state index contributed by atoms with van der Waals surface area (Å²) < 4.78 is 17.3. The Kier molecular flexibility index (Phi) is 5.40. The maximum absolute atomic E-state index is 13.2. The molecule has 0 saturated heterocycles. The standard InChI is InChI=1S/C26H22O4/c1-4-18-9-11-19(12-10-18)16-29-20-13-14-22-24(15-20)30-17(2)25(26(22)27)21-7-5-6-8-23(21)28-3/h4-15H,1,16H2,2-3H3. The summed E-state index contributed by atoms with van der Waals surface area (Å²) in [4.78, 5) is 13.2. The van der Waals surface area contributed by atoms with Gasteiger partial charge in [-0.05, 0) is 36.2 Å². The average Bonchev–Trinajstić information content (AvgIpc) is 2.78. The van der Waals surface area contributed by atoms with Crippen LogP contribution in [0.3, 0.4) is 0 Å². The van der Waals surface area contributed by atoms with Gasteiger partial charge in [0.1, 0.15) is 29.4 Å². The van der Waals surface area contributed by atoms with Gasteiger partial charge in [0.15, 0.2) is 0 Å². The first-order valence-electron chi connectivity index (χ1n) is 9.65. The molecule has 4 rings (SSSR count). The van der Waals surface area contributed by atoms with Gasteiger partial charge in [0.2, 0.25) is 5.43 Å². The molecule has 3 aromatic carbocycles. The number of benzene rings is 3. The van der Waals surface area contributed by atoms with Crippen molar-refractivity contribution in [2.24, 2.45) is 0 Å². The van der Waals surface area contributed by atoms with Gasteiger partial charge in [-0.25, -0.2) is 0 Å². The van der Waals surface area contributed by atoms with Crippen LogP contribution in [0.5, 0.6) is 11.5 Å². The van der Waals surface area contributed by atoms with E-state index in [0.29, 0.717) is 40.4 Å². The lowest BCUT2D eigenvalue weighted by Crippen LogP contribution is -2.08. The van der Waals surface area contributed by atoms with Gasteiger partial charge in [-0.1, -0.05) is 55.1 Å². The quantitative estimate of drug-likeness (QED) is 0.400. The van der Waals surface area contributed by atoms with Gasteiger partial charge < -0.3 is 13.9 Å². The van der Waals surface area contributed by atoms with Gasteiger partial charge in [0, 0.05) is 11.6 Å². The summed E-state index contributed by atoms with van der Waals surface area (Å²) in [5.41, 5.74) is 3.74. The molecule has 0 amide bonds. The number of fused-ring (bicyclic) bond motifs is 1. The Morgan fingerprint density at radius 3 is 2.53 bits per heavy atom. The summed E-state index contributed by atoms with van der Waals surface area (Å²) in [6.45, 7) is 5.97. The predicted octanol–water partition coefficient (Wildman–Crippen LogP) is 6.00. The van der Waals surface area contributed by atoms with Crippen LogP contribution >= 0.6 is 0 Å². The third-order valence-electron chi connectivity index (χ3n) is 5.04. The molecule has 0 spiro atoms. The van der Waals surface area contributed by atoms with Crippen LogP contribution in [-0.4, -0.2) is 7.11 Å². The highest BCUT2D eigenvalue weighted by molar-refractivity contribution is 5.85. The molecule has 0 saturated carbocycles. The van der Waals surface area contributed by atoms with E-state index in [4.69, 9.17) is 13.9 Å². The van der Waals surface area contributed by atoms with E-state index in [0.717, 1.165) is 16.7 Å². The van der Waals surface area contributed by atoms with Crippen LogP contribution in [0.15, 0.2) is 82.5 Å². The van der Waals surface area contributed by atoms with Crippen LogP contribution in [0.25, 0.3) is 28.2 Å². The van der Waals surface area contributed by atoms with Crippen molar-refractivity contribution in [1.29, 1.82) is 0 Å². The van der Waals surface area contributed by atoms with E-state index in [2.05, 4.69) is 6.58 Å². The second-order valence-electron chi connectivity index (χ2n) is 6.96. The van der Waals surface area contributed by atoms with Crippen molar-refractivity contribution >= 4 is 17.0 Å². The van der Waals surface area contributed by atoms with Gasteiger partial charge in [-0.15, -0.1) is 0 Å². The number of rotatable bonds is 6. The van der Waals surface area contributed by atoms with E-state index in [1.54, 1.807) is 38.3 Å². The Morgan fingerprint density at radius 2 is 1.80 bits per heavy atom. The Morgan fingerprint density at radius 1 is 1.03 bits per heavy atom. The summed E-state index contributed by atoms with van der Waals surface area (Å²) in [5.74, 6) is 1.81. The molecule has 0 aliphatic heterocycles. The predicted molar refractivity (Wildman–Crippen MR) is 120 cm³/mol. The molecule has 4 heteroatoms. The number of hydrogen-bond acceptors (Lipinski definition) is 4. The number of methoxy groups -OCH3 is 1. The zero-order valence-corrected chi connectivity index (χ0v) is 17.0. The van der Waals surface area contributed by atoms with E-state index >= 15 is 0 Å². The molecular formula is C26H22O4. The molecule has 0 atom stereocenters. The third kappa shape index (κ3) is 3.72. The Balaban J connectivity index is 1.67. The van der Waals surface area contributed by atoms with Crippen molar-refractivity contribution in [3.8, 4) is 22.6 Å². The zero-order valence-electron chi connectivity index (χ0n) is 17.0. The van der Waals surface area contributed by atoms with Crippen molar-refractivity contribution in [2.45, 2.75) is 13.5 Å². The van der Waals surface area contributed by atoms with Crippen LogP contribution in [0.2, 0.25) is 0 Å². The molecule has 1 aromatic heterocycles. The molecule has 0 bridgehead atoms. The second kappa shape index (κ2) is 8.29. The molecule has 150 valence electrons. The van der Waals surface area contributed by atoms with Crippen molar-refractivity contribution in [3.63, 3.8) is 0 Å². The summed E-state index contributed by atoms with van der Waals surface area (Å²) in [6.07, 6.45) is 1.80. The normalized spacial score (nSPS) is 10.7. The molecule has 0 N–H and O–H groups in total. The fraction of sp³-hybridized carbons (Fsp3) is 0.115. The average molecular weight is 398 g/mol. The maximum atomic E-state index is 13.2. The molecule has 4 aromatic rings. The highest BCUT2D eigenvalue weighted by Gasteiger charge is 2.17. The number of hydrogen-bond donors (Lipinski definition) is 0. The lowest BCUT2D eigenvalue weighted by molar-refractivity contribution is 0.306. The van der Waals surface area contributed by atoms with Crippen molar-refractivity contribution < 1.29 is 13.9 Å². The Labute approximate surface area is 175 Å². The fourth-order valence-electron chi connectivity index (χ4n) is 3.45. The minimum Gasteiger partial charge on any atom is -0.496 e. The van der Waals surface area contributed by atoms with Gasteiger partial charge in [0.25, 0.3) is 0 Å². The van der Waals surface area contributed by atoms with Gasteiger partial charge in [-0.3, -0.25) is 4.79 Å². The Hall–Kier alpha value is -3.79. The first-order chi connectivity index (χ1) is 14.6. The minimum absolute atomic E-state index is 0.0928. The first-order valence-corrected chi connectivity index (χ1v) is 9.65. The van der Waals surface area contributed by atoms with Crippen LogP contribution in [0.4, 0.5) is 0 Å². The van der Waals surface area contributed by atoms with Crippen molar-refractivity contribution in [2.75, 3.05) is 7.11 Å². The van der Waals surface area contributed by atoms with E-state index in [-0.39, 0.29) is 5.43 Å². The van der Waals surface area contributed by atoms with Gasteiger partial charge in [-0.2, -0.15) is 0 Å². The lowest BCUT2D eigenvalue weighted by atomic mass is 10.0.